The molecule has 2 heterocycles. The fourth-order valence-corrected chi connectivity index (χ4v) is 7.35. The van der Waals surface area contributed by atoms with E-state index in [1.807, 2.05) is 44.2 Å². The van der Waals surface area contributed by atoms with Crippen LogP contribution < -0.4 is 16.0 Å². The van der Waals surface area contributed by atoms with Crippen LogP contribution in [-0.4, -0.2) is 65.9 Å². The number of nitrogens with zero attached hydrogens (tertiary/aromatic N) is 1. The number of rotatable bonds is 8. The Labute approximate surface area is 247 Å². The summed E-state index contributed by atoms with van der Waals surface area (Å²) in [6, 6.07) is 16.3. The van der Waals surface area contributed by atoms with Crippen molar-refractivity contribution in [3.05, 3.63) is 65.7 Å². The van der Waals surface area contributed by atoms with Crippen LogP contribution in [0.25, 0.3) is 0 Å². The van der Waals surface area contributed by atoms with E-state index in [2.05, 4.69) is 40.2 Å². The van der Waals surface area contributed by atoms with E-state index in [0.717, 1.165) is 29.7 Å². The summed E-state index contributed by atoms with van der Waals surface area (Å²) in [6.45, 7) is 5.82. The van der Waals surface area contributed by atoms with Crippen molar-refractivity contribution in [2.24, 2.45) is 5.41 Å². The molecule has 2 saturated heterocycles. The number of aryl methyl sites for hydroxylation is 1. The van der Waals surface area contributed by atoms with Gasteiger partial charge >= 0.3 is 0 Å². The molecule has 41 heavy (non-hydrogen) atoms. The Morgan fingerprint density at radius 3 is 2.56 bits per heavy atom. The summed E-state index contributed by atoms with van der Waals surface area (Å²) < 4.78 is 6.63. The summed E-state index contributed by atoms with van der Waals surface area (Å²) in [6.07, 6.45) is 2.93. The molecule has 3 amide bonds. The molecule has 2 aromatic carbocycles. The maximum Gasteiger partial charge on any atom is 0.247 e. The third kappa shape index (κ3) is 6.47. The highest BCUT2D eigenvalue weighted by Gasteiger charge is 2.56. The Kier molecular flexibility index (Phi) is 9.06. The number of carbonyl (C=O) groups is 3. The number of fused-ring (bicyclic) bond motifs is 2. The lowest BCUT2D eigenvalue weighted by molar-refractivity contribution is -0.151. The van der Waals surface area contributed by atoms with Crippen LogP contribution in [-0.2, 0) is 25.5 Å². The van der Waals surface area contributed by atoms with E-state index >= 15 is 0 Å². The quantitative estimate of drug-likeness (QED) is 0.412. The average molecular weight is 579 g/mol. The van der Waals surface area contributed by atoms with Crippen LogP contribution in [0.5, 0.6) is 0 Å². The summed E-state index contributed by atoms with van der Waals surface area (Å²) in [5, 5.41) is 9.21. The van der Waals surface area contributed by atoms with Crippen molar-refractivity contribution in [2.45, 2.75) is 94.3 Å². The second kappa shape index (κ2) is 12.5. The zero-order valence-electron chi connectivity index (χ0n) is 24.4. The molecule has 8 nitrogen and oxygen atoms in total. The molecule has 2 aromatic rings. The lowest BCUT2D eigenvalue weighted by Crippen LogP contribution is -2.58. The van der Waals surface area contributed by atoms with Crippen LogP contribution >= 0.6 is 11.8 Å². The van der Waals surface area contributed by atoms with Crippen molar-refractivity contribution in [3.8, 4) is 0 Å². The Morgan fingerprint density at radius 2 is 1.80 bits per heavy atom. The fraction of sp³-hybridized carbons (Fsp3) is 0.531. The maximum atomic E-state index is 14.2. The number of benzene rings is 2. The van der Waals surface area contributed by atoms with Crippen molar-refractivity contribution in [1.29, 1.82) is 0 Å². The Hall–Kier alpha value is -2.88. The van der Waals surface area contributed by atoms with E-state index in [9.17, 15) is 14.4 Å². The number of hydrogen-bond donors (Lipinski definition) is 3. The van der Waals surface area contributed by atoms with E-state index in [0.29, 0.717) is 18.6 Å². The summed E-state index contributed by atoms with van der Waals surface area (Å²) in [5.41, 5.74) is 1.91. The lowest BCUT2D eigenvalue weighted by Gasteiger charge is -2.35. The molecule has 3 aliphatic rings. The van der Waals surface area contributed by atoms with Gasteiger partial charge in [0.1, 0.15) is 18.3 Å². The predicted molar refractivity (Wildman–Crippen MR) is 160 cm³/mol. The van der Waals surface area contributed by atoms with Gasteiger partial charge < -0.3 is 25.6 Å². The molecule has 0 spiro atoms. The molecule has 5 unspecified atom stereocenters. The summed E-state index contributed by atoms with van der Waals surface area (Å²) >= 11 is 1.67. The highest BCUT2D eigenvalue weighted by Crippen LogP contribution is 2.44. The summed E-state index contributed by atoms with van der Waals surface area (Å²) in [7, 11) is 1.71. The van der Waals surface area contributed by atoms with Crippen LogP contribution in [0.2, 0.25) is 0 Å². The van der Waals surface area contributed by atoms with E-state index in [1.165, 1.54) is 5.56 Å². The van der Waals surface area contributed by atoms with Crippen molar-refractivity contribution < 1.29 is 19.1 Å². The van der Waals surface area contributed by atoms with Gasteiger partial charge in [-0.05, 0) is 61.9 Å². The molecule has 5 rings (SSSR count). The molecule has 6 atom stereocenters. The van der Waals surface area contributed by atoms with Crippen LogP contribution in [0.4, 0.5) is 0 Å². The lowest BCUT2D eigenvalue weighted by atomic mass is 9.82. The molecule has 0 bridgehead atoms. The fourth-order valence-electron chi connectivity index (χ4n) is 6.40. The number of carbonyl (C=O) groups excluding carboxylic acids is 3. The second-order valence-corrected chi connectivity index (χ2v) is 13.2. The first-order valence-electron chi connectivity index (χ1n) is 14.7. The van der Waals surface area contributed by atoms with Crippen LogP contribution in [0.15, 0.2) is 59.5 Å². The maximum absolute atomic E-state index is 14.2. The number of nitrogens with one attached hydrogen (secondary N) is 3. The third-order valence-corrected chi connectivity index (χ3v) is 9.83. The number of thioether (sulfide) groups is 1. The Bertz CT molecular complexity index is 1260. The van der Waals surface area contributed by atoms with Gasteiger partial charge in [-0.1, -0.05) is 56.3 Å². The van der Waals surface area contributed by atoms with E-state index in [-0.39, 0.29) is 29.9 Å². The van der Waals surface area contributed by atoms with E-state index < -0.39 is 29.8 Å². The molecule has 3 N–H and O–H groups in total. The van der Waals surface area contributed by atoms with Crippen molar-refractivity contribution in [3.63, 3.8) is 0 Å². The van der Waals surface area contributed by atoms with Crippen molar-refractivity contribution in [1.82, 2.24) is 20.9 Å². The minimum Gasteiger partial charge on any atom is -0.354 e. The first-order chi connectivity index (χ1) is 19.7. The number of hydrogen-bond acceptors (Lipinski definition) is 6. The monoisotopic (exact) mass is 578 g/mol. The van der Waals surface area contributed by atoms with Gasteiger partial charge in [0.2, 0.25) is 17.7 Å². The highest BCUT2D eigenvalue weighted by atomic mass is 32.2. The third-order valence-electron chi connectivity index (χ3n) is 8.69. The van der Waals surface area contributed by atoms with Gasteiger partial charge in [0.05, 0.1) is 18.2 Å². The number of likely N-dealkylation sites (N-methyl/N-ethyl adjacent to an activating group) is 1. The smallest absolute Gasteiger partial charge is 0.247 e. The Morgan fingerprint density at radius 1 is 1.07 bits per heavy atom. The molecule has 2 fully saturated rings. The Balaban J connectivity index is 1.40. The molecule has 1 aliphatic carbocycles. The molecule has 9 heteroatoms. The van der Waals surface area contributed by atoms with E-state index in [1.54, 1.807) is 30.6 Å². The molecular formula is C32H42N4O4S. The van der Waals surface area contributed by atoms with Crippen molar-refractivity contribution in [2.75, 3.05) is 12.8 Å². The first kappa shape index (κ1) is 29.6. The van der Waals surface area contributed by atoms with Crippen LogP contribution in [0.3, 0.4) is 0 Å². The van der Waals surface area contributed by atoms with Crippen molar-refractivity contribution >= 4 is 29.5 Å². The molecule has 2 aliphatic heterocycles. The average Bonchev–Trinajstić information content (AvgIpc) is 3.17. The van der Waals surface area contributed by atoms with Gasteiger partial charge in [-0.15, -0.1) is 11.8 Å². The zero-order chi connectivity index (χ0) is 29.1. The van der Waals surface area contributed by atoms with E-state index in [4.69, 9.17) is 4.74 Å². The van der Waals surface area contributed by atoms with Gasteiger partial charge in [0.15, 0.2) is 0 Å². The van der Waals surface area contributed by atoms with Crippen LogP contribution in [0, 0.1) is 5.41 Å². The first-order valence-corrected chi connectivity index (χ1v) is 15.7. The summed E-state index contributed by atoms with van der Waals surface area (Å²) in [5.74, 6) is -0.0428. The van der Waals surface area contributed by atoms with Gasteiger partial charge in [-0.3, -0.25) is 14.4 Å². The molecular weight excluding hydrogens is 536 g/mol. The van der Waals surface area contributed by atoms with Gasteiger partial charge in [-0.25, -0.2) is 0 Å². The predicted octanol–water partition coefficient (Wildman–Crippen LogP) is 3.81. The highest BCUT2D eigenvalue weighted by molar-refractivity contribution is 7.99. The van der Waals surface area contributed by atoms with Gasteiger partial charge in [-0.2, -0.15) is 0 Å². The topological polar surface area (TPSA) is 99.8 Å². The van der Waals surface area contributed by atoms with Gasteiger partial charge in [0, 0.05) is 23.5 Å². The standard InChI is InChI=1S/C32H42N4O4S/c1-20(33-4)29(37)35-26-17-22(19-41-23-13-6-5-7-14-23)40-27-18-32(2,3)28(36(27)31(26)39)30(38)34-25-16-10-12-21-11-8-9-15-24(21)25/h5-9,11,13-15,20,22,25-28,33H,10,12,16-19H2,1-4H3,(H,34,38)(H,35,37)/t20?,22?,25-,26?,27?,28?/m0/s1. The SMILES string of the molecule is CNC(C)C(=O)NC1CC(CSc2ccccc2)OC2CC(C)(C)C(C(=O)N[C@H]3CCCc4ccccc43)N2C1=O. The zero-order valence-corrected chi connectivity index (χ0v) is 25.2. The second-order valence-electron chi connectivity index (χ2n) is 12.1. The molecule has 0 radical (unpaired) electrons. The van der Waals surface area contributed by atoms with Gasteiger partial charge in [0.25, 0.3) is 0 Å². The molecule has 220 valence electrons. The number of amides is 3. The largest absolute Gasteiger partial charge is 0.354 e. The van der Waals surface area contributed by atoms with Crippen LogP contribution in [0.1, 0.15) is 63.6 Å². The minimum atomic E-state index is -0.788. The minimum absolute atomic E-state index is 0.0905. The summed E-state index contributed by atoms with van der Waals surface area (Å²) in [4.78, 5) is 44.0. The normalized spacial score (nSPS) is 27.8. The molecule has 0 saturated carbocycles. The number of ether oxygens (including phenoxy) is 1. The molecule has 0 aromatic heterocycles.